The van der Waals surface area contributed by atoms with Crippen LogP contribution in [0.5, 0.6) is 0 Å². The Labute approximate surface area is 413 Å². The van der Waals surface area contributed by atoms with Crippen LogP contribution in [0.3, 0.4) is 0 Å². The molecule has 1 aromatic heterocycles. The predicted octanol–water partition coefficient (Wildman–Crippen LogP) is 17.6. The molecule has 0 N–H and O–H groups in total. The maximum atomic E-state index is 17.0. The molecule has 11 aromatic rings. The Kier molecular flexibility index (Phi) is 9.74. The van der Waals surface area contributed by atoms with E-state index in [1.54, 1.807) is 12.2 Å². The van der Waals surface area contributed by atoms with Gasteiger partial charge in [0.15, 0.2) is 5.58 Å². The fourth-order valence-corrected chi connectivity index (χ4v) is 12.0. The van der Waals surface area contributed by atoms with Crippen LogP contribution in [0.4, 0.5) is 34.6 Å². The van der Waals surface area contributed by atoms with Crippen molar-refractivity contribution < 1.29 is 22.0 Å². The first-order chi connectivity index (χ1) is 35.2. The number of nitrogens with zero attached hydrogens (tertiary/aromatic N) is 1. The monoisotopic (exact) mass is 939 g/mol. The number of hydrogen-bond acceptors (Lipinski definition) is 2. The number of rotatable bonds is 9. The normalized spacial score (nSPS) is 16.3. The van der Waals surface area contributed by atoms with Gasteiger partial charge in [0.2, 0.25) is 0 Å². The first-order valence-corrected chi connectivity index (χ1v) is 23.8. The van der Waals surface area contributed by atoms with E-state index in [0.717, 1.165) is 89.7 Å². The van der Waals surface area contributed by atoms with Crippen LogP contribution < -0.4 is 4.90 Å². The minimum absolute atomic E-state index is 0.169. The van der Waals surface area contributed by atoms with E-state index in [1.807, 2.05) is 152 Å². The molecule has 0 bridgehead atoms. The summed E-state index contributed by atoms with van der Waals surface area (Å²) in [5, 5.41) is 1.84. The summed E-state index contributed by atoms with van der Waals surface area (Å²) in [6, 6.07) is 65.2. The quantitative estimate of drug-likeness (QED) is 0.134. The van der Waals surface area contributed by atoms with Crippen molar-refractivity contribution in [2.45, 2.75) is 10.8 Å². The lowest BCUT2D eigenvalue weighted by molar-refractivity contribution is 0.564. The van der Waals surface area contributed by atoms with Gasteiger partial charge in [-0.15, -0.1) is 0 Å². The second-order valence-corrected chi connectivity index (χ2v) is 18.5. The maximum absolute atomic E-state index is 17.0. The van der Waals surface area contributed by atoms with Crippen molar-refractivity contribution in [3.8, 4) is 22.3 Å². The molecule has 0 spiro atoms. The smallest absolute Gasteiger partial charge is 0.159 e. The Morgan fingerprint density at radius 2 is 0.847 bits per heavy atom. The topological polar surface area (TPSA) is 16.4 Å². The molecule has 10 aromatic carbocycles. The summed E-state index contributed by atoms with van der Waals surface area (Å²) < 4.78 is 72.4. The first-order valence-electron chi connectivity index (χ1n) is 23.8. The molecule has 2 aliphatic carbocycles. The number of para-hydroxylation sites is 2. The van der Waals surface area contributed by atoms with E-state index in [9.17, 15) is 0 Å². The summed E-state index contributed by atoms with van der Waals surface area (Å²) >= 11 is 0. The van der Waals surface area contributed by atoms with Crippen LogP contribution in [0, 0.1) is 23.3 Å². The fraction of sp³-hybridized carbons (Fsp3) is 0.0303. The molecule has 0 saturated carbocycles. The highest BCUT2D eigenvalue weighted by Gasteiger charge is 2.50. The van der Waals surface area contributed by atoms with E-state index < -0.39 is 34.1 Å². The summed E-state index contributed by atoms with van der Waals surface area (Å²) in [6.07, 6.45) is 3.51. The molecule has 344 valence electrons. The molecule has 0 radical (unpaired) electrons. The lowest BCUT2D eigenvalue weighted by Crippen LogP contribution is -2.30. The number of fused-ring (bicyclic) bond motifs is 9. The summed E-state index contributed by atoms with van der Waals surface area (Å²) in [5.41, 5.74) is 10.9. The van der Waals surface area contributed by atoms with E-state index in [-0.39, 0.29) is 11.1 Å². The Morgan fingerprint density at radius 3 is 1.36 bits per heavy atom. The molecule has 72 heavy (non-hydrogen) atoms. The molecule has 0 aliphatic heterocycles. The van der Waals surface area contributed by atoms with Crippen molar-refractivity contribution in [2.24, 2.45) is 0 Å². The summed E-state index contributed by atoms with van der Waals surface area (Å²) in [5.74, 6) is -2.24. The van der Waals surface area contributed by atoms with Crippen LogP contribution >= 0.6 is 0 Å². The number of benzene rings is 10. The average molecular weight is 940 g/mol. The third-order valence-electron chi connectivity index (χ3n) is 15.0. The predicted molar refractivity (Wildman–Crippen MR) is 283 cm³/mol. The van der Waals surface area contributed by atoms with Crippen molar-refractivity contribution in [1.82, 2.24) is 0 Å². The van der Waals surface area contributed by atoms with Gasteiger partial charge in [-0.25, -0.2) is 17.6 Å². The third kappa shape index (κ3) is 6.08. The zero-order valence-electron chi connectivity index (χ0n) is 38.6. The zero-order valence-corrected chi connectivity index (χ0v) is 38.6. The van der Waals surface area contributed by atoms with E-state index in [4.69, 9.17) is 4.42 Å². The summed E-state index contributed by atoms with van der Waals surface area (Å²) in [7, 11) is 0. The van der Waals surface area contributed by atoms with Gasteiger partial charge < -0.3 is 9.32 Å². The standard InChI is InChI=1S/C66H41F4NO/c1-3-40-20-24-42(25-21-40)65(58-36-44(67)28-34-60(58)69)54-16-8-5-12-48(54)50-32-30-46(38-56(50)65)71(62-18-11-15-53-52-14-7-10-19-63(52)72-64(53)62)47-31-33-51-49-13-6-9-17-55(49)66(57(51)39-47,43-26-22-41(4-2)23-27-43)59-37-45(68)29-35-61(59)70/h3-39H,1-2H2. The van der Waals surface area contributed by atoms with Gasteiger partial charge in [0, 0.05) is 33.3 Å². The van der Waals surface area contributed by atoms with Crippen LogP contribution in [0.2, 0.25) is 0 Å². The lowest BCUT2D eigenvalue weighted by atomic mass is 9.67. The van der Waals surface area contributed by atoms with Gasteiger partial charge in [-0.05, 0) is 140 Å². The zero-order chi connectivity index (χ0) is 48.9. The number of halogens is 4. The fourth-order valence-electron chi connectivity index (χ4n) is 12.0. The van der Waals surface area contributed by atoms with Crippen LogP contribution in [-0.4, -0.2) is 0 Å². The highest BCUT2D eigenvalue weighted by atomic mass is 19.1. The number of hydrogen-bond donors (Lipinski definition) is 0. The van der Waals surface area contributed by atoms with Gasteiger partial charge in [-0.2, -0.15) is 0 Å². The minimum atomic E-state index is -1.33. The van der Waals surface area contributed by atoms with Crippen molar-refractivity contribution >= 4 is 51.2 Å². The third-order valence-corrected chi connectivity index (χ3v) is 15.0. The Balaban J connectivity index is 1.14. The van der Waals surface area contributed by atoms with Gasteiger partial charge >= 0.3 is 0 Å². The van der Waals surface area contributed by atoms with Gasteiger partial charge in [0.1, 0.15) is 28.9 Å². The van der Waals surface area contributed by atoms with Crippen LogP contribution in [0.15, 0.2) is 230 Å². The average Bonchev–Trinajstić information content (AvgIpc) is 4.05. The van der Waals surface area contributed by atoms with Crippen LogP contribution in [-0.2, 0) is 10.8 Å². The van der Waals surface area contributed by atoms with Crippen molar-refractivity contribution in [3.63, 3.8) is 0 Å². The second kappa shape index (κ2) is 16.3. The Morgan fingerprint density at radius 1 is 0.389 bits per heavy atom. The minimum Gasteiger partial charge on any atom is -0.454 e. The highest BCUT2D eigenvalue weighted by molar-refractivity contribution is 6.10. The Bertz CT molecular complexity index is 3830. The van der Waals surface area contributed by atoms with E-state index in [0.29, 0.717) is 28.2 Å². The largest absolute Gasteiger partial charge is 0.454 e. The van der Waals surface area contributed by atoms with Gasteiger partial charge in [-0.1, -0.05) is 165 Å². The SMILES string of the molecule is C=Cc1ccc(C2(c3cc(F)ccc3F)c3ccccc3-c3ccc(N(c4ccc5c(c4)C(c4ccc(C=C)cc4)(c4cc(F)ccc4F)c4ccccc4-5)c4cccc5c4oc4ccccc45)cc32)cc1. The van der Waals surface area contributed by atoms with Crippen molar-refractivity contribution in [3.05, 3.63) is 304 Å². The summed E-state index contributed by atoms with van der Waals surface area (Å²) in [6.45, 7) is 7.97. The second-order valence-electron chi connectivity index (χ2n) is 18.5. The van der Waals surface area contributed by atoms with Crippen LogP contribution in [0.1, 0.15) is 55.6 Å². The highest BCUT2D eigenvalue weighted by Crippen LogP contribution is 2.60. The van der Waals surface area contributed by atoms with Crippen molar-refractivity contribution in [2.75, 3.05) is 4.90 Å². The van der Waals surface area contributed by atoms with Gasteiger partial charge in [0.25, 0.3) is 0 Å². The van der Waals surface area contributed by atoms with Crippen molar-refractivity contribution in [1.29, 1.82) is 0 Å². The first kappa shape index (κ1) is 43.1. The van der Waals surface area contributed by atoms with Gasteiger partial charge in [0.05, 0.1) is 16.5 Å². The lowest BCUT2D eigenvalue weighted by Gasteiger charge is -2.36. The number of furan rings is 1. The molecule has 2 aliphatic rings. The molecule has 2 atom stereocenters. The Hall–Kier alpha value is -9.00. The molecule has 0 amide bonds. The molecular formula is C66H41F4NO. The molecule has 0 fully saturated rings. The molecule has 2 nitrogen and oxygen atoms in total. The van der Waals surface area contributed by atoms with Crippen LogP contribution in [0.25, 0.3) is 56.3 Å². The molecule has 1 heterocycles. The molecule has 2 unspecified atom stereocenters. The molecular weight excluding hydrogens is 899 g/mol. The molecule has 0 saturated heterocycles. The van der Waals surface area contributed by atoms with E-state index >= 15 is 17.6 Å². The van der Waals surface area contributed by atoms with E-state index in [2.05, 4.69) is 42.3 Å². The van der Waals surface area contributed by atoms with Gasteiger partial charge in [-0.3, -0.25) is 0 Å². The summed E-state index contributed by atoms with van der Waals surface area (Å²) in [4.78, 5) is 2.12. The molecule has 6 heteroatoms. The van der Waals surface area contributed by atoms with E-state index in [1.165, 1.54) is 24.3 Å². The molecule has 13 rings (SSSR count). The number of anilines is 3. The maximum Gasteiger partial charge on any atom is 0.159 e.